The van der Waals surface area contributed by atoms with Crippen LogP contribution in [0.15, 0.2) is 91.0 Å². The summed E-state index contributed by atoms with van der Waals surface area (Å²) in [5.41, 5.74) is 1.70. The average molecular weight is 673 g/mol. The lowest BCUT2D eigenvalue weighted by atomic mass is 10.0. The highest BCUT2D eigenvalue weighted by molar-refractivity contribution is 5.94. The van der Waals surface area contributed by atoms with Gasteiger partial charge in [-0.1, -0.05) is 91.0 Å². The number of nitrogens with one attached hydrogen (secondary N) is 4. The molecule has 0 aliphatic rings. The topological polar surface area (TPSA) is 152 Å². The van der Waals surface area contributed by atoms with E-state index in [-0.39, 0.29) is 25.2 Å². The van der Waals surface area contributed by atoms with E-state index in [0.717, 1.165) is 16.7 Å². The third kappa shape index (κ3) is 15.1. The van der Waals surface area contributed by atoms with Crippen LogP contribution in [0.1, 0.15) is 63.6 Å². The monoisotopic (exact) mass is 672 g/mol. The molecule has 0 radical (unpaired) electrons. The second-order valence-electron chi connectivity index (χ2n) is 12.8. The summed E-state index contributed by atoms with van der Waals surface area (Å²) < 4.78 is 10.6. The molecule has 0 aliphatic heterocycles. The molecule has 3 aromatic carbocycles. The van der Waals surface area contributed by atoms with Crippen molar-refractivity contribution in [1.82, 2.24) is 21.3 Å². The van der Waals surface area contributed by atoms with E-state index in [1.54, 1.807) is 20.8 Å². The molecule has 0 bridgehead atoms. The predicted molar refractivity (Wildman–Crippen MR) is 186 cm³/mol. The van der Waals surface area contributed by atoms with Crippen LogP contribution in [0.25, 0.3) is 0 Å². The standard InChI is InChI=1S/C38H48N4O7/c1-27(43)31(22-14-15-23-39-36(46)48-26-30-20-12-7-13-21-30)40-34(44)32(24-28-16-8-5-9-17-28)41-35(45)33(25-29-18-10-6-11-19-29)42-37(47)49-38(2,3)4/h5-13,16-21,31-33H,14-15,22-26H2,1-4H3,(H,39,46)(H,40,44)(H,41,45)(H,42,47)/t31-,32-,33+/m0/s1. The van der Waals surface area contributed by atoms with Crippen molar-refractivity contribution in [3.63, 3.8) is 0 Å². The summed E-state index contributed by atoms with van der Waals surface area (Å²) in [6.07, 6.45) is 0.456. The second-order valence-corrected chi connectivity index (χ2v) is 12.8. The van der Waals surface area contributed by atoms with Crippen LogP contribution >= 0.6 is 0 Å². The zero-order valence-corrected chi connectivity index (χ0v) is 28.7. The molecule has 0 saturated heterocycles. The van der Waals surface area contributed by atoms with Crippen molar-refractivity contribution in [2.24, 2.45) is 0 Å². The minimum atomic E-state index is -1.04. The van der Waals surface area contributed by atoms with Gasteiger partial charge in [0.2, 0.25) is 11.8 Å². The summed E-state index contributed by atoms with van der Waals surface area (Å²) in [4.78, 5) is 64.7. The van der Waals surface area contributed by atoms with Crippen molar-refractivity contribution in [1.29, 1.82) is 0 Å². The van der Waals surface area contributed by atoms with Gasteiger partial charge >= 0.3 is 12.2 Å². The molecule has 11 nitrogen and oxygen atoms in total. The van der Waals surface area contributed by atoms with Crippen molar-refractivity contribution in [3.05, 3.63) is 108 Å². The third-order valence-corrected chi connectivity index (χ3v) is 7.41. The van der Waals surface area contributed by atoms with Crippen LogP contribution in [0.5, 0.6) is 0 Å². The number of carbonyl (C=O) groups is 5. The van der Waals surface area contributed by atoms with E-state index < -0.39 is 47.7 Å². The summed E-state index contributed by atoms with van der Waals surface area (Å²) in [6.45, 7) is 7.07. The maximum Gasteiger partial charge on any atom is 0.408 e. The molecule has 0 heterocycles. The fourth-order valence-electron chi connectivity index (χ4n) is 4.93. The van der Waals surface area contributed by atoms with Crippen molar-refractivity contribution < 1.29 is 33.4 Å². The maximum absolute atomic E-state index is 13.7. The number of amides is 4. The van der Waals surface area contributed by atoms with E-state index in [0.29, 0.717) is 25.8 Å². The quantitative estimate of drug-likeness (QED) is 0.147. The van der Waals surface area contributed by atoms with Crippen LogP contribution < -0.4 is 21.3 Å². The average Bonchev–Trinajstić information content (AvgIpc) is 3.06. The van der Waals surface area contributed by atoms with Gasteiger partial charge < -0.3 is 30.7 Å². The van der Waals surface area contributed by atoms with E-state index in [4.69, 9.17) is 9.47 Å². The second kappa shape index (κ2) is 19.6. The van der Waals surface area contributed by atoms with Crippen LogP contribution in [0.2, 0.25) is 0 Å². The van der Waals surface area contributed by atoms with E-state index in [1.807, 2.05) is 91.0 Å². The number of carbonyl (C=O) groups excluding carboxylic acids is 5. The Morgan fingerprint density at radius 3 is 1.57 bits per heavy atom. The molecule has 0 aliphatic carbocycles. The molecule has 0 aromatic heterocycles. The number of ether oxygens (including phenoxy) is 2. The fourth-order valence-corrected chi connectivity index (χ4v) is 4.93. The number of ketones is 1. The molecular formula is C38H48N4O7. The van der Waals surface area contributed by atoms with Gasteiger partial charge in [0.25, 0.3) is 0 Å². The number of benzene rings is 3. The molecule has 4 amide bonds. The summed E-state index contributed by atoms with van der Waals surface area (Å²) >= 11 is 0. The molecule has 0 spiro atoms. The first-order valence-electron chi connectivity index (χ1n) is 16.5. The van der Waals surface area contributed by atoms with Gasteiger partial charge in [-0.15, -0.1) is 0 Å². The SMILES string of the molecule is CC(=O)[C@H](CCCCNC(=O)OCc1ccccc1)NC(=O)[C@H](Cc1ccccc1)NC(=O)[C@@H](Cc1ccccc1)NC(=O)OC(C)(C)C. The zero-order valence-electron chi connectivity index (χ0n) is 28.7. The highest BCUT2D eigenvalue weighted by Crippen LogP contribution is 2.11. The van der Waals surface area contributed by atoms with Crippen molar-refractivity contribution in [2.45, 2.75) is 90.1 Å². The number of unbranched alkanes of at least 4 members (excludes halogenated alkanes) is 1. The van der Waals surface area contributed by atoms with Gasteiger partial charge in [-0.2, -0.15) is 0 Å². The lowest BCUT2D eigenvalue weighted by Gasteiger charge is -2.26. The smallest absolute Gasteiger partial charge is 0.408 e. The third-order valence-electron chi connectivity index (χ3n) is 7.41. The summed E-state index contributed by atoms with van der Waals surface area (Å²) in [6, 6.07) is 24.8. The summed E-state index contributed by atoms with van der Waals surface area (Å²) in [5, 5.41) is 11.0. The molecule has 0 saturated carbocycles. The maximum atomic E-state index is 13.7. The molecule has 0 fully saturated rings. The van der Waals surface area contributed by atoms with Crippen molar-refractivity contribution in [2.75, 3.05) is 6.54 Å². The van der Waals surface area contributed by atoms with E-state index in [9.17, 15) is 24.0 Å². The first-order valence-corrected chi connectivity index (χ1v) is 16.5. The lowest BCUT2D eigenvalue weighted by molar-refractivity contribution is -0.131. The van der Waals surface area contributed by atoms with Gasteiger partial charge in [0.05, 0.1) is 6.04 Å². The Hall–Kier alpha value is -5.19. The molecule has 11 heteroatoms. The minimum absolute atomic E-state index is 0.155. The van der Waals surface area contributed by atoms with Crippen molar-refractivity contribution in [3.8, 4) is 0 Å². The van der Waals surface area contributed by atoms with Gasteiger partial charge in [-0.3, -0.25) is 14.4 Å². The van der Waals surface area contributed by atoms with Crippen LogP contribution in [-0.2, 0) is 43.3 Å². The summed E-state index contributed by atoms with van der Waals surface area (Å²) in [5.74, 6) is -1.34. The molecule has 3 atom stereocenters. The first kappa shape index (κ1) is 38.3. The molecule has 4 N–H and O–H groups in total. The number of hydrogen-bond donors (Lipinski definition) is 4. The molecule has 49 heavy (non-hydrogen) atoms. The molecular weight excluding hydrogens is 624 g/mol. The Morgan fingerprint density at radius 2 is 1.08 bits per heavy atom. The van der Waals surface area contributed by atoms with Crippen LogP contribution in [0, 0.1) is 0 Å². The minimum Gasteiger partial charge on any atom is -0.445 e. The van der Waals surface area contributed by atoms with E-state index in [1.165, 1.54) is 6.92 Å². The number of rotatable bonds is 17. The largest absolute Gasteiger partial charge is 0.445 e. The number of hydrogen-bond acceptors (Lipinski definition) is 7. The van der Waals surface area contributed by atoms with Gasteiger partial charge in [0, 0.05) is 19.4 Å². The molecule has 3 rings (SSSR count). The van der Waals surface area contributed by atoms with Crippen LogP contribution in [0.3, 0.4) is 0 Å². The predicted octanol–water partition coefficient (Wildman–Crippen LogP) is 5.02. The highest BCUT2D eigenvalue weighted by atomic mass is 16.6. The van der Waals surface area contributed by atoms with Gasteiger partial charge in [0.1, 0.15) is 24.3 Å². The van der Waals surface area contributed by atoms with Crippen molar-refractivity contribution >= 4 is 29.8 Å². The molecule has 3 aromatic rings. The fraction of sp³-hybridized carbons (Fsp3) is 0.395. The zero-order chi connectivity index (χ0) is 35.6. The van der Waals surface area contributed by atoms with Gasteiger partial charge in [-0.05, 0) is 63.6 Å². The van der Waals surface area contributed by atoms with E-state index in [2.05, 4.69) is 21.3 Å². The van der Waals surface area contributed by atoms with E-state index >= 15 is 0 Å². The highest BCUT2D eigenvalue weighted by Gasteiger charge is 2.30. The lowest BCUT2D eigenvalue weighted by Crippen LogP contribution is -2.57. The first-order chi connectivity index (χ1) is 23.4. The number of Topliss-reactive ketones (excluding diaryl/α,β-unsaturated/α-hetero) is 1. The molecule has 0 unspecified atom stereocenters. The Balaban J connectivity index is 1.63. The Kier molecular flexibility index (Phi) is 15.3. The van der Waals surface area contributed by atoms with Gasteiger partial charge in [-0.25, -0.2) is 9.59 Å². The normalized spacial score (nSPS) is 12.8. The Bertz CT molecular complexity index is 1490. The number of alkyl carbamates (subject to hydrolysis) is 2. The van der Waals surface area contributed by atoms with Crippen LogP contribution in [0.4, 0.5) is 9.59 Å². The van der Waals surface area contributed by atoms with Crippen LogP contribution in [-0.4, -0.2) is 60.1 Å². The molecule has 262 valence electrons. The summed E-state index contributed by atoms with van der Waals surface area (Å²) in [7, 11) is 0. The Morgan fingerprint density at radius 1 is 0.612 bits per heavy atom. The van der Waals surface area contributed by atoms with Gasteiger partial charge in [0.15, 0.2) is 5.78 Å². The Labute approximate surface area is 288 Å².